The first-order valence-corrected chi connectivity index (χ1v) is 3.99. The van der Waals surface area contributed by atoms with Crippen LogP contribution in [0.5, 0.6) is 0 Å². The normalized spacial score (nSPS) is 33.2. The van der Waals surface area contributed by atoms with E-state index in [9.17, 15) is 0 Å². The molecule has 2 nitrogen and oxygen atoms in total. The van der Waals surface area contributed by atoms with Gasteiger partial charge >= 0.3 is 0 Å². The Labute approximate surface area is 62.2 Å². The fourth-order valence-electron chi connectivity index (χ4n) is 1.47. The first kappa shape index (κ1) is 7.56. The van der Waals surface area contributed by atoms with Crippen LogP contribution in [0.3, 0.4) is 0 Å². The van der Waals surface area contributed by atoms with Crippen molar-refractivity contribution in [3.05, 3.63) is 0 Å². The van der Waals surface area contributed by atoms with E-state index in [1.807, 2.05) is 0 Å². The summed E-state index contributed by atoms with van der Waals surface area (Å²) in [6.07, 6.45) is 3.52. The number of rotatable bonds is 1. The summed E-state index contributed by atoms with van der Waals surface area (Å²) in [5, 5.41) is 11.8. The molecule has 1 aliphatic rings. The molecular weight excluding hydrogens is 124 g/mol. The number of hydrogen-bond acceptors (Lipinski definition) is 2. The third kappa shape index (κ3) is 1.71. The summed E-state index contributed by atoms with van der Waals surface area (Å²) < 4.78 is 0. The van der Waals surface area contributed by atoms with Crippen molar-refractivity contribution in [3.63, 3.8) is 0 Å². The standard InChI is InChI=1S/C8H14N2/c1-2-7-3-4-10-8(5-7)6-9/h7-8,10H,2-5H2,1H3/t7-,8-/m1/s1. The molecule has 1 saturated heterocycles. The lowest BCUT2D eigenvalue weighted by Crippen LogP contribution is -2.36. The van der Waals surface area contributed by atoms with E-state index in [1.165, 1.54) is 12.8 Å². The van der Waals surface area contributed by atoms with Crippen LogP contribution in [0, 0.1) is 17.2 Å². The second-order valence-corrected chi connectivity index (χ2v) is 2.93. The predicted octanol–water partition coefficient (Wildman–Crippen LogP) is 1.29. The molecule has 0 saturated carbocycles. The fraction of sp³-hybridized carbons (Fsp3) is 0.875. The van der Waals surface area contributed by atoms with Gasteiger partial charge in [0.2, 0.25) is 0 Å². The maximum Gasteiger partial charge on any atom is 0.0955 e. The van der Waals surface area contributed by atoms with Gasteiger partial charge in [0.05, 0.1) is 12.1 Å². The molecule has 1 fully saturated rings. The molecule has 0 aromatic heterocycles. The van der Waals surface area contributed by atoms with E-state index in [-0.39, 0.29) is 6.04 Å². The lowest BCUT2D eigenvalue weighted by molar-refractivity contribution is 0.330. The lowest BCUT2D eigenvalue weighted by atomic mass is 9.91. The van der Waals surface area contributed by atoms with E-state index in [1.54, 1.807) is 0 Å². The van der Waals surface area contributed by atoms with Gasteiger partial charge in [-0.25, -0.2) is 0 Å². The average Bonchev–Trinajstić information content (AvgIpc) is 2.05. The van der Waals surface area contributed by atoms with E-state index < -0.39 is 0 Å². The highest BCUT2D eigenvalue weighted by molar-refractivity contribution is 4.93. The van der Waals surface area contributed by atoms with Gasteiger partial charge < -0.3 is 5.32 Å². The van der Waals surface area contributed by atoms with Gasteiger partial charge in [-0.05, 0) is 25.3 Å². The van der Waals surface area contributed by atoms with Crippen LogP contribution in [-0.4, -0.2) is 12.6 Å². The minimum atomic E-state index is 0.124. The van der Waals surface area contributed by atoms with Crippen molar-refractivity contribution in [2.45, 2.75) is 32.2 Å². The zero-order valence-electron chi connectivity index (χ0n) is 6.43. The number of nitriles is 1. The highest BCUT2D eigenvalue weighted by Gasteiger charge is 2.18. The largest absolute Gasteiger partial charge is 0.302 e. The predicted molar refractivity (Wildman–Crippen MR) is 40.4 cm³/mol. The third-order valence-electron chi connectivity index (χ3n) is 2.25. The van der Waals surface area contributed by atoms with Gasteiger partial charge in [-0.3, -0.25) is 0 Å². The molecule has 0 radical (unpaired) electrons. The molecule has 0 amide bonds. The zero-order chi connectivity index (χ0) is 7.40. The van der Waals surface area contributed by atoms with Crippen LogP contribution < -0.4 is 5.32 Å². The second-order valence-electron chi connectivity index (χ2n) is 2.93. The van der Waals surface area contributed by atoms with Gasteiger partial charge in [-0.1, -0.05) is 13.3 Å². The van der Waals surface area contributed by atoms with Crippen molar-refractivity contribution in [2.24, 2.45) is 5.92 Å². The molecule has 1 N–H and O–H groups in total. The van der Waals surface area contributed by atoms with Crippen molar-refractivity contribution in [1.29, 1.82) is 5.26 Å². The number of piperidine rings is 1. The highest BCUT2D eigenvalue weighted by Crippen LogP contribution is 2.18. The van der Waals surface area contributed by atoms with Gasteiger partial charge in [0.25, 0.3) is 0 Å². The Bertz CT molecular complexity index is 137. The van der Waals surface area contributed by atoms with Crippen LogP contribution in [-0.2, 0) is 0 Å². The number of hydrogen-bond donors (Lipinski definition) is 1. The molecule has 1 rings (SSSR count). The van der Waals surface area contributed by atoms with E-state index in [0.717, 1.165) is 18.9 Å². The van der Waals surface area contributed by atoms with E-state index in [0.29, 0.717) is 0 Å². The van der Waals surface area contributed by atoms with Crippen molar-refractivity contribution >= 4 is 0 Å². The summed E-state index contributed by atoms with van der Waals surface area (Å²) in [7, 11) is 0. The summed E-state index contributed by atoms with van der Waals surface area (Å²) in [5.41, 5.74) is 0. The van der Waals surface area contributed by atoms with Crippen molar-refractivity contribution in [2.75, 3.05) is 6.54 Å². The van der Waals surface area contributed by atoms with Crippen LogP contribution in [0.2, 0.25) is 0 Å². The lowest BCUT2D eigenvalue weighted by Gasteiger charge is -2.24. The molecule has 0 unspecified atom stereocenters. The average molecular weight is 138 g/mol. The highest BCUT2D eigenvalue weighted by atomic mass is 14.9. The Morgan fingerprint density at radius 1 is 1.70 bits per heavy atom. The molecule has 2 atom stereocenters. The van der Waals surface area contributed by atoms with Crippen LogP contribution in [0.25, 0.3) is 0 Å². The Morgan fingerprint density at radius 2 is 2.50 bits per heavy atom. The molecule has 56 valence electrons. The maximum absolute atomic E-state index is 8.59. The van der Waals surface area contributed by atoms with Crippen LogP contribution in [0.15, 0.2) is 0 Å². The molecule has 0 bridgehead atoms. The summed E-state index contributed by atoms with van der Waals surface area (Å²) >= 11 is 0. The summed E-state index contributed by atoms with van der Waals surface area (Å²) in [4.78, 5) is 0. The van der Waals surface area contributed by atoms with Crippen molar-refractivity contribution in [3.8, 4) is 6.07 Å². The van der Waals surface area contributed by atoms with Crippen molar-refractivity contribution < 1.29 is 0 Å². The first-order chi connectivity index (χ1) is 4.86. The van der Waals surface area contributed by atoms with Crippen LogP contribution in [0.1, 0.15) is 26.2 Å². The minimum absolute atomic E-state index is 0.124. The monoisotopic (exact) mass is 138 g/mol. The smallest absolute Gasteiger partial charge is 0.0955 e. The molecule has 0 aliphatic carbocycles. The molecule has 0 aromatic carbocycles. The summed E-state index contributed by atoms with van der Waals surface area (Å²) in [6, 6.07) is 2.38. The number of nitrogens with zero attached hydrogens (tertiary/aromatic N) is 1. The quantitative estimate of drug-likeness (QED) is 0.592. The van der Waals surface area contributed by atoms with Gasteiger partial charge in [0.15, 0.2) is 0 Å². The molecule has 1 aliphatic heterocycles. The Balaban J connectivity index is 2.33. The molecule has 0 spiro atoms. The summed E-state index contributed by atoms with van der Waals surface area (Å²) in [5.74, 6) is 0.783. The SMILES string of the molecule is CC[C@@H]1CCN[C@@H](C#N)C1. The third-order valence-corrected chi connectivity index (χ3v) is 2.25. The van der Waals surface area contributed by atoms with Gasteiger partial charge in [-0.2, -0.15) is 5.26 Å². The van der Waals surface area contributed by atoms with Gasteiger partial charge in [-0.15, -0.1) is 0 Å². The van der Waals surface area contributed by atoms with Gasteiger partial charge in [0, 0.05) is 0 Å². The van der Waals surface area contributed by atoms with Crippen LogP contribution in [0.4, 0.5) is 0 Å². The minimum Gasteiger partial charge on any atom is -0.302 e. The Kier molecular flexibility index (Phi) is 2.70. The Morgan fingerprint density at radius 3 is 3.10 bits per heavy atom. The van der Waals surface area contributed by atoms with Gasteiger partial charge in [0.1, 0.15) is 0 Å². The topological polar surface area (TPSA) is 35.8 Å². The van der Waals surface area contributed by atoms with Crippen molar-refractivity contribution in [1.82, 2.24) is 5.32 Å². The zero-order valence-corrected chi connectivity index (χ0v) is 6.43. The molecular formula is C8H14N2. The molecule has 1 heterocycles. The summed E-state index contributed by atoms with van der Waals surface area (Å²) in [6.45, 7) is 3.22. The van der Waals surface area contributed by atoms with E-state index in [4.69, 9.17) is 5.26 Å². The molecule has 2 heteroatoms. The second kappa shape index (κ2) is 3.58. The Hall–Kier alpha value is -0.550. The van der Waals surface area contributed by atoms with E-state index in [2.05, 4.69) is 18.3 Å². The molecule has 0 aromatic rings. The first-order valence-electron chi connectivity index (χ1n) is 3.99. The number of nitrogens with one attached hydrogen (secondary N) is 1. The maximum atomic E-state index is 8.59. The fourth-order valence-corrected chi connectivity index (χ4v) is 1.47. The van der Waals surface area contributed by atoms with E-state index >= 15 is 0 Å². The van der Waals surface area contributed by atoms with Crippen LogP contribution >= 0.6 is 0 Å². The molecule has 10 heavy (non-hydrogen) atoms.